The summed E-state index contributed by atoms with van der Waals surface area (Å²) in [5.41, 5.74) is 1.33. The highest BCUT2D eigenvalue weighted by atomic mass is 79.9. The average molecular weight is 299 g/mol. The predicted octanol–water partition coefficient (Wildman–Crippen LogP) is 3.03. The lowest BCUT2D eigenvalue weighted by atomic mass is 9.96. The van der Waals surface area contributed by atoms with Crippen LogP contribution in [0.15, 0.2) is 28.7 Å². The lowest BCUT2D eigenvalue weighted by Crippen LogP contribution is -2.32. The molecule has 0 fully saturated rings. The SMILES string of the molecule is CNCC(CNCc1ccc(Br)cc1)C(C)C. The van der Waals surface area contributed by atoms with E-state index in [1.165, 1.54) is 5.56 Å². The number of hydrogen-bond acceptors (Lipinski definition) is 2. The zero-order chi connectivity index (χ0) is 12.7. The molecule has 17 heavy (non-hydrogen) atoms. The Morgan fingerprint density at radius 2 is 1.76 bits per heavy atom. The largest absolute Gasteiger partial charge is 0.319 e. The van der Waals surface area contributed by atoms with Crippen molar-refractivity contribution in [1.82, 2.24) is 10.6 Å². The van der Waals surface area contributed by atoms with Crippen LogP contribution < -0.4 is 10.6 Å². The lowest BCUT2D eigenvalue weighted by molar-refractivity contribution is 0.352. The fraction of sp³-hybridized carbons (Fsp3) is 0.571. The fourth-order valence-corrected chi connectivity index (χ4v) is 2.07. The molecule has 0 aliphatic rings. The van der Waals surface area contributed by atoms with Crippen molar-refractivity contribution in [1.29, 1.82) is 0 Å². The molecule has 0 spiro atoms. The van der Waals surface area contributed by atoms with Crippen molar-refractivity contribution in [2.24, 2.45) is 11.8 Å². The first-order valence-electron chi connectivity index (χ1n) is 6.23. The molecule has 0 saturated heterocycles. The molecule has 0 bridgehead atoms. The standard InChI is InChI=1S/C14H23BrN2/c1-11(2)13(9-16-3)10-17-8-12-4-6-14(15)7-5-12/h4-7,11,13,16-17H,8-10H2,1-3H3. The van der Waals surface area contributed by atoms with Gasteiger partial charge in [-0.05, 0) is 49.7 Å². The van der Waals surface area contributed by atoms with Crippen molar-refractivity contribution in [3.05, 3.63) is 34.3 Å². The van der Waals surface area contributed by atoms with Gasteiger partial charge in [0.05, 0.1) is 0 Å². The molecule has 0 heterocycles. The highest BCUT2D eigenvalue weighted by molar-refractivity contribution is 9.10. The second kappa shape index (κ2) is 7.85. The molecule has 3 heteroatoms. The van der Waals surface area contributed by atoms with Gasteiger partial charge in [0.2, 0.25) is 0 Å². The van der Waals surface area contributed by atoms with Gasteiger partial charge in [-0.3, -0.25) is 0 Å². The van der Waals surface area contributed by atoms with Crippen LogP contribution in [-0.4, -0.2) is 20.1 Å². The van der Waals surface area contributed by atoms with Crippen LogP contribution in [0.1, 0.15) is 19.4 Å². The average Bonchev–Trinajstić information content (AvgIpc) is 2.30. The monoisotopic (exact) mass is 298 g/mol. The van der Waals surface area contributed by atoms with E-state index in [9.17, 15) is 0 Å². The van der Waals surface area contributed by atoms with Crippen LogP contribution in [-0.2, 0) is 6.54 Å². The van der Waals surface area contributed by atoms with Crippen LogP contribution >= 0.6 is 15.9 Å². The molecule has 1 aromatic rings. The first kappa shape index (κ1) is 14.7. The number of nitrogens with one attached hydrogen (secondary N) is 2. The zero-order valence-electron chi connectivity index (χ0n) is 11.0. The Morgan fingerprint density at radius 1 is 1.12 bits per heavy atom. The minimum atomic E-state index is 0.690. The van der Waals surface area contributed by atoms with Gasteiger partial charge in [0.25, 0.3) is 0 Å². The van der Waals surface area contributed by atoms with Crippen LogP contribution in [0.2, 0.25) is 0 Å². The minimum absolute atomic E-state index is 0.690. The summed E-state index contributed by atoms with van der Waals surface area (Å²) >= 11 is 3.45. The van der Waals surface area contributed by atoms with Crippen LogP contribution in [0.5, 0.6) is 0 Å². The van der Waals surface area contributed by atoms with Crippen molar-refractivity contribution in [2.45, 2.75) is 20.4 Å². The summed E-state index contributed by atoms with van der Waals surface area (Å²) in [5, 5.41) is 6.79. The van der Waals surface area contributed by atoms with Gasteiger partial charge < -0.3 is 10.6 Å². The molecule has 0 amide bonds. The predicted molar refractivity (Wildman–Crippen MR) is 78.1 cm³/mol. The Balaban J connectivity index is 2.33. The zero-order valence-corrected chi connectivity index (χ0v) is 12.5. The van der Waals surface area contributed by atoms with Crippen LogP contribution in [0.3, 0.4) is 0 Å². The molecule has 0 radical (unpaired) electrons. The Hall–Kier alpha value is -0.380. The fourth-order valence-electron chi connectivity index (χ4n) is 1.81. The third-order valence-electron chi connectivity index (χ3n) is 3.06. The first-order chi connectivity index (χ1) is 8.13. The van der Waals surface area contributed by atoms with Gasteiger partial charge in [0.1, 0.15) is 0 Å². The van der Waals surface area contributed by atoms with Gasteiger partial charge in [0, 0.05) is 11.0 Å². The number of benzene rings is 1. The van der Waals surface area contributed by atoms with Crippen molar-refractivity contribution in [2.75, 3.05) is 20.1 Å². The summed E-state index contributed by atoms with van der Waals surface area (Å²) in [6, 6.07) is 8.48. The summed E-state index contributed by atoms with van der Waals surface area (Å²) in [6.07, 6.45) is 0. The molecule has 96 valence electrons. The molecule has 0 saturated carbocycles. The summed E-state index contributed by atoms with van der Waals surface area (Å²) in [5.74, 6) is 1.40. The maximum atomic E-state index is 3.53. The molecule has 1 atom stereocenters. The minimum Gasteiger partial charge on any atom is -0.319 e. The molecular weight excluding hydrogens is 276 g/mol. The Morgan fingerprint density at radius 3 is 2.29 bits per heavy atom. The first-order valence-corrected chi connectivity index (χ1v) is 7.02. The van der Waals surface area contributed by atoms with Gasteiger partial charge in [0.15, 0.2) is 0 Å². The quantitative estimate of drug-likeness (QED) is 0.808. The third-order valence-corrected chi connectivity index (χ3v) is 3.59. The maximum Gasteiger partial charge on any atom is 0.0205 e. The third kappa shape index (κ3) is 5.66. The maximum absolute atomic E-state index is 3.53. The van der Waals surface area contributed by atoms with Crippen molar-refractivity contribution >= 4 is 15.9 Å². The van der Waals surface area contributed by atoms with Crippen LogP contribution in [0.25, 0.3) is 0 Å². The Bertz CT molecular complexity index is 309. The molecule has 2 nitrogen and oxygen atoms in total. The molecular formula is C14H23BrN2. The van der Waals surface area contributed by atoms with Crippen molar-refractivity contribution in [3.8, 4) is 0 Å². The molecule has 0 aliphatic heterocycles. The Labute approximate surface area is 113 Å². The summed E-state index contributed by atoms with van der Waals surface area (Å²) in [4.78, 5) is 0. The van der Waals surface area contributed by atoms with Gasteiger partial charge in [-0.1, -0.05) is 41.9 Å². The van der Waals surface area contributed by atoms with Crippen LogP contribution in [0.4, 0.5) is 0 Å². The number of hydrogen-bond donors (Lipinski definition) is 2. The normalized spacial score (nSPS) is 13.0. The van der Waals surface area contributed by atoms with Gasteiger partial charge in [-0.25, -0.2) is 0 Å². The highest BCUT2D eigenvalue weighted by Crippen LogP contribution is 2.11. The molecule has 0 aliphatic carbocycles. The van der Waals surface area contributed by atoms with Crippen LogP contribution in [0, 0.1) is 11.8 Å². The highest BCUT2D eigenvalue weighted by Gasteiger charge is 2.11. The molecule has 0 aromatic heterocycles. The van der Waals surface area contributed by atoms with Gasteiger partial charge >= 0.3 is 0 Å². The van der Waals surface area contributed by atoms with E-state index in [4.69, 9.17) is 0 Å². The molecule has 1 rings (SSSR count). The van der Waals surface area contributed by atoms with E-state index in [1.54, 1.807) is 0 Å². The van der Waals surface area contributed by atoms with Gasteiger partial charge in [-0.15, -0.1) is 0 Å². The number of halogens is 1. The molecule has 2 N–H and O–H groups in total. The number of rotatable bonds is 7. The summed E-state index contributed by atoms with van der Waals surface area (Å²) < 4.78 is 1.14. The van der Waals surface area contributed by atoms with E-state index in [0.717, 1.165) is 24.1 Å². The smallest absolute Gasteiger partial charge is 0.0205 e. The summed E-state index contributed by atoms with van der Waals surface area (Å²) in [7, 11) is 2.02. The molecule has 1 aromatic carbocycles. The van der Waals surface area contributed by atoms with Gasteiger partial charge in [-0.2, -0.15) is 0 Å². The van der Waals surface area contributed by atoms with Crippen molar-refractivity contribution < 1.29 is 0 Å². The van der Waals surface area contributed by atoms with E-state index < -0.39 is 0 Å². The summed E-state index contributed by atoms with van der Waals surface area (Å²) in [6.45, 7) is 7.65. The van der Waals surface area contributed by atoms with E-state index in [1.807, 2.05) is 7.05 Å². The lowest BCUT2D eigenvalue weighted by Gasteiger charge is -2.21. The van der Waals surface area contributed by atoms with E-state index >= 15 is 0 Å². The van der Waals surface area contributed by atoms with E-state index in [2.05, 4.69) is 64.7 Å². The second-order valence-corrected chi connectivity index (χ2v) is 5.73. The Kier molecular flexibility index (Phi) is 6.78. The van der Waals surface area contributed by atoms with E-state index in [-0.39, 0.29) is 0 Å². The molecule has 1 unspecified atom stereocenters. The second-order valence-electron chi connectivity index (χ2n) is 4.82. The van der Waals surface area contributed by atoms with E-state index in [0.29, 0.717) is 11.8 Å². The topological polar surface area (TPSA) is 24.1 Å². The van der Waals surface area contributed by atoms with Crippen molar-refractivity contribution in [3.63, 3.8) is 0 Å².